The van der Waals surface area contributed by atoms with Crippen molar-refractivity contribution in [3.8, 4) is 0 Å². The minimum Gasteiger partial charge on any atom is -0.123 e. The van der Waals surface area contributed by atoms with E-state index in [1.165, 1.54) is 25.7 Å². The summed E-state index contributed by atoms with van der Waals surface area (Å²) in [5.74, 6) is 1.42. The molecular weight excluding hydrogens is 167 g/mol. The van der Waals surface area contributed by atoms with Crippen LogP contribution < -0.4 is 0 Å². The summed E-state index contributed by atoms with van der Waals surface area (Å²) in [7, 11) is 0. The normalized spacial score (nSPS) is 53.4. The van der Waals surface area contributed by atoms with Gasteiger partial charge in [0.2, 0.25) is 0 Å². The molecule has 2 aliphatic rings. The van der Waals surface area contributed by atoms with Gasteiger partial charge in [0.05, 0.1) is 0 Å². The molecule has 0 aromatic carbocycles. The first-order valence-corrected chi connectivity index (χ1v) is 4.94. The van der Waals surface area contributed by atoms with Crippen LogP contribution in [-0.2, 0) is 0 Å². The van der Waals surface area contributed by atoms with E-state index in [-0.39, 0.29) is 0 Å². The highest BCUT2D eigenvalue weighted by Crippen LogP contribution is 2.47. The summed E-state index contributed by atoms with van der Waals surface area (Å²) < 4.78 is 0. The lowest BCUT2D eigenvalue weighted by Crippen LogP contribution is -2.28. The van der Waals surface area contributed by atoms with Crippen molar-refractivity contribution in [1.82, 2.24) is 0 Å². The minimum atomic E-state index is 0.376. The SMILES string of the molecule is Cl[C@H]1[C@H]2CC[C@@H]1[C@@H](Cl)CC2. The van der Waals surface area contributed by atoms with Crippen LogP contribution in [0.3, 0.4) is 0 Å². The van der Waals surface area contributed by atoms with Gasteiger partial charge in [-0.25, -0.2) is 0 Å². The highest BCUT2D eigenvalue weighted by Gasteiger charge is 2.42. The standard InChI is InChI=1S/C8H12Cl2/c9-7-4-2-5-1-3-6(7)8(5)10/h5-8H,1-4H2/t5-,6+,7-,8-/m0/s1. The molecule has 2 heteroatoms. The molecule has 0 N–H and O–H groups in total. The van der Waals surface area contributed by atoms with Crippen molar-refractivity contribution in [3.05, 3.63) is 0 Å². The Morgan fingerprint density at radius 3 is 2.30 bits per heavy atom. The number of fused-ring (bicyclic) bond motifs is 2. The molecule has 0 aliphatic heterocycles. The summed E-state index contributed by atoms with van der Waals surface area (Å²) >= 11 is 12.3. The molecule has 2 saturated carbocycles. The first-order valence-electron chi connectivity index (χ1n) is 4.07. The molecule has 2 fully saturated rings. The lowest BCUT2D eigenvalue weighted by Gasteiger charge is -2.28. The largest absolute Gasteiger partial charge is 0.123 e. The van der Waals surface area contributed by atoms with Crippen LogP contribution >= 0.6 is 23.2 Å². The van der Waals surface area contributed by atoms with E-state index in [9.17, 15) is 0 Å². The van der Waals surface area contributed by atoms with Gasteiger partial charge in [-0.05, 0) is 37.5 Å². The van der Waals surface area contributed by atoms with Gasteiger partial charge in [0.15, 0.2) is 0 Å². The maximum absolute atomic E-state index is 6.19. The van der Waals surface area contributed by atoms with E-state index in [1.54, 1.807) is 0 Å². The molecule has 2 rings (SSSR count). The maximum Gasteiger partial charge on any atom is 0.0406 e. The molecule has 0 aromatic heterocycles. The van der Waals surface area contributed by atoms with Crippen molar-refractivity contribution in [1.29, 1.82) is 0 Å². The summed E-state index contributed by atoms with van der Waals surface area (Å²) in [4.78, 5) is 0. The van der Waals surface area contributed by atoms with E-state index in [0.717, 1.165) is 5.92 Å². The molecule has 0 aromatic rings. The van der Waals surface area contributed by atoms with Crippen LogP contribution in [-0.4, -0.2) is 10.8 Å². The summed E-state index contributed by atoms with van der Waals surface area (Å²) in [5.41, 5.74) is 0. The van der Waals surface area contributed by atoms with Crippen molar-refractivity contribution in [2.75, 3.05) is 0 Å². The van der Waals surface area contributed by atoms with Crippen molar-refractivity contribution in [3.63, 3.8) is 0 Å². The average Bonchev–Trinajstić information content (AvgIpc) is 2.13. The fourth-order valence-corrected chi connectivity index (χ4v) is 3.38. The maximum atomic E-state index is 6.19. The van der Waals surface area contributed by atoms with E-state index in [2.05, 4.69) is 0 Å². The molecule has 0 unspecified atom stereocenters. The lowest BCUT2D eigenvalue weighted by molar-refractivity contribution is 0.373. The Morgan fingerprint density at radius 1 is 0.900 bits per heavy atom. The fourth-order valence-electron chi connectivity index (χ4n) is 2.35. The van der Waals surface area contributed by atoms with Crippen LogP contribution in [0.25, 0.3) is 0 Å². The van der Waals surface area contributed by atoms with Gasteiger partial charge in [-0.2, -0.15) is 0 Å². The van der Waals surface area contributed by atoms with Crippen LogP contribution in [0.2, 0.25) is 0 Å². The Morgan fingerprint density at radius 2 is 1.60 bits per heavy atom. The Labute approximate surface area is 71.9 Å². The summed E-state index contributed by atoms with van der Waals surface area (Å²) in [6.07, 6.45) is 5.05. The predicted molar refractivity (Wildman–Crippen MR) is 44.7 cm³/mol. The first-order chi connectivity index (χ1) is 4.79. The van der Waals surface area contributed by atoms with Crippen molar-refractivity contribution >= 4 is 23.2 Å². The zero-order valence-electron chi connectivity index (χ0n) is 5.89. The van der Waals surface area contributed by atoms with Crippen molar-refractivity contribution in [2.24, 2.45) is 11.8 Å². The lowest BCUT2D eigenvalue weighted by atomic mass is 9.88. The molecule has 0 saturated heterocycles. The van der Waals surface area contributed by atoms with E-state index in [4.69, 9.17) is 23.2 Å². The van der Waals surface area contributed by atoms with Gasteiger partial charge in [0.1, 0.15) is 0 Å². The van der Waals surface area contributed by atoms with Gasteiger partial charge in [-0.3, -0.25) is 0 Å². The van der Waals surface area contributed by atoms with Crippen LogP contribution in [0.5, 0.6) is 0 Å². The van der Waals surface area contributed by atoms with Gasteiger partial charge in [-0.1, -0.05) is 0 Å². The van der Waals surface area contributed by atoms with E-state index in [1.807, 2.05) is 0 Å². The second-order valence-corrected chi connectivity index (χ2v) is 4.60. The quantitative estimate of drug-likeness (QED) is 0.501. The monoisotopic (exact) mass is 178 g/mol. The van der Waals surface area contributed by atoms with E-state index < -0.39 is 0 Å². The van der Waals surface area contributed by atoms with Crippen LogP contribution in [0.15, 0.2) is 0 Å². The molecule has 10 heavy (non-hydrogen) atoms. The van der Waals surface area contributed by atoms with E-state index in [0.29, 0.717) is 16.7 Å². The average molecular weight is 179 g/mol. The molecule has 4 atom stereocenters. The summed E-state index contributed by atoms with van der Waals surface area (Å²) in [6.45, 7) is 0. The molecular formula is C8H12Cl2. The fraction of sp³-hybridized carbons (Fsp3) is 1.00. The van der Waals surface area contributed by atoms with Crippen LogP contribution in [0.4, 0.5) is 0 Å². The highest BCUT2D eigenvalue weighted by molar-refractivity contribution is 6.24. The summed E-state index contributed by atoms with van der Waals surface area (Å²) in [5, 5.41) is 0.775. The third-order valence-electron chi connectivity index (χ3n) is 3.01. The highest BCUT2D eigenvalue weighted by atomic mass is 35.5. The minimum absolute atomic E-state index is 0.376. The molecule has 0 amide bonds. The third-order valence-corrected chi connectivity index (χ3v) is 4.23. The van der Waals surface area contributed by atoms with Gasteiger partial charge >= 0.3 is 0 Å². The zero-order valence-corrected chi connectivity index (χ0v) is 7.41. The number of halogens is 2. The van der Waals surface area contributed by atoms with Gasteiger partial charge in [0, 0.05) is 10.8 Å². The van der Waals surface area contributed by atoms with Crippen molar-refractivity contribution in [2.45, 2.75) is 36.4 Å². The first kappa shape index (κ1) is 7.24. The van der Waals surface area contributed by atoms with Gasteiger partial charge in [-0.15, -0.1) is 23.2 Å². The Kier molecular flexibility index (Phi) is 1.86. The van der Waals surface area contributed by atoms with E-state index >= 15 is 0 Å². The molecule has 58 valence electrons. The topological polar surface area (TPSA) is 0 Å². The molecule has 0 nitrogen and oxygen atoms in total. The van der Waals surface area contributed by atoms with Gasteiger partial charge < -0.3 is 0 Å². The molecule has 2 bridgehead atoms. The van der Waals surface area contributed by atoms with Gasteiger partial charge in [0.25, 0.3) is 0 Å². The summed E-state index contributed by atoms with van der Waals surface area (Å²) in [6, 6.07) is 0. The zero-order chi connectivity index (χ0) is 7.14. The number of hydrogen-bond acceptors (Lipinski definition) is 0. The Bertz CT molecular complexity index is 135. The molecule has 2 aliphatic carbocycles. The van der Waals surface area contributed by atoms with Crippen LogP contribution in [0, 0.1) is 11.8 Å². The predicted octanol–water partition coefficient (Wildman–Crippen LogP) is 3.02. The second-order valence-electron chi connectivity index (χ2n) is 3.54. The third kappa shape index (κ3) is 0.967. The number of rotatable bonds is 0. The molecule has 0 radical (unpaired) electrons. The van der Waals surface area contributed by atoms with Crippen molar-refractivity contribution < 1.29 is 0 Å². The molecule has 0 heterocycles. The smallest absolute Gasteiger partial charge is 0.0406 e. The Balaban J connectivity index is 2.13. The number of alkyl halides is 2. The Hall–Kier alpha value is 0.580. The number of hydrogen-bond donors (Lipinski definition) is 0. The second kappa shape index (κ2) is 2.57. The van der Waals surface area contributed by atoms with Crippen LogP contribution in [0.1, 0.15) is 25.7 Å². The molecule has 0 spiro atoms.